The van der Waals surface area contributed by atoms with E-state index in [1.807, 2.05) is 35.2 Å². The first-order valence-electron chi connectivity index (χ1n) is 9.60. The minimum absolute atomic E-state index is 0.0751. The maximum Gasteiger partial charge on any atom is 0.251 e. The fourth-order valence-corrected chi connectivity index (χ4v) is 3.30. The number of anilines is 2. The summed E-state index contributed by atoms with van der Waals surface area (Å²) in [6, 6.07) is 17.5. The lowest BCUT2D eigenvalue weighted by atomic mass is 10.1. The lowest BCUT2D eigenvalue weighted by Crippen LogP contribution is -2.35. The van der Waals surface area contributed by atoms with Crippen LogP contribution in [-0.4, -0.2) is 38.5 Å². The van der Waals surface area contributed by atoms with E-state index in [2.05, 4.69) is 29.4 Å². The van der Waals surface area contributed by atoms with E-state index in [0.29, 0.717) is 18.5 Å². The third kappa shape index (κ3) is 5.09. The molecule has 5 nitrogen and oxygen atoms in total. The van der Waals surface area contributed by atoms with E-state index in [0.717, 1.165) is 38.0 Å². The third-order valence-corrected chi connectivity index (χ3v) is 4.92. The van der Waals surface area contributed by atoms with Crippen LogP contribution >= 0.6 is 0 Å². The molecule has 1 aliphatic rings. The Morgan fingerprint density at radius 1 is 1.07 bits per heavy atom. The molecule has 0 spiro atoms. The maximum atomic E-state index is 12.3. The minimum atomic E-state index is -0.0751. The number of hydrogen-bond donors (Lipinski definition) is 1. The first-order valence-corrected chi connectivity index (χ1v) is 9.60. The normalized spacial score (nSPS) is 14.1. The van der Waals surface area contributed by atoms with Gasteiger partial charge in [0.05, 0.1) is 0 Å². The summed E-state index contributed by atoms with van der Waals surface area (Å²) < 4.78 is 0. The monoisotopic (exact) mass is 365 g/mol. The molecule has 0 aliphatic carbocycles. The number of piperidine rings is 1. The highest BCUT2D eigenvalue weighted by Gasteiger charge is 2.19. The zero-order valence-electron chi connectivity index (χ0n) is 15.9. The van der Waals surface area contributed by atoms with Crippen LogP contribution in [-0.2, 0) is 4.79 Å². The number of carbonyl (C=O) groups excluding carboxylic acids is 2. The second kappa shape index (κ2) is 9.21. The Balaban J connectivity index is 1.45. The number of amides is 2. The molecule has 142 valence electrons. The van der Waals surface area contributed by atoms with Crippen LogP contribution in [0.3, 0.4) is 0 Å². The molecule has 1 aliphatic heterocycles. The van der Waals surface area contributed by atoms with Crippen LogP contribution < -0.4 is 15.1 Å². The number of hydrogen-bond acceptors (Lipinski definition) is 3. The zero-order valence-corrected chi connectivity index (χ0v) is 15.9. The van der Waals surface area contributed by atoms with Crippen molar-refractivity contribution < 1.29 is 9.59 Å². The van der Waals surface area contributed by atoms with Gasteiger partial charge in [-0.25, -0.2) is 0 Å². The van der Waals surface area contributed by atoms with Crippen molar-refractivity contribution in [1.82, 2.24) is 5.32 Å². The highest BCUT2D eigenvalue weighted by Crippen LogP contribution is 2.21. The third-order valence-electron chi connectivity index (χ3n) is 4.92. The molecule has 2 amide bonds. The van der Waals surface area contributed by atoms with Crippen LogP contribution in [0.1, 0.15) is 36.0 Å². The van der Waals surface area contributed by atoms with Crippen LogP contribution in [0.2, 0.25) is 0 Å². The van der Waals surface area contributed by atoms with Crippen LogP contribution in [0.4, 0.5) is 11.4 Å². The molecule has 1 saturated heterocycles. The van der Waals surface area contributed by atoms with E-state index in [1.54, 1.807) is 12.1 Å². The Bertz CT molecular complexity index is 759. The van der Waals surface area contributed by atoms with Crippen molar-refractivity contribution in [3.8, 4) is 0 Å². The van der Waals surface area contributed by atoms with E-state index < -0.39 is 0 Å². The summed E-state index contributed by atoms with van der Waals surface area (Å²) in [7, 11) is 2.05. The molecule has 0 unspecified atom stereocenters. The summed E-state index contributed by atoms with van der Waals surface area (Å²) >= 11 is 0. The predicted octanol–water partition coefficient (Wildman–Crippen LogP) is 3.46. The van der Waals surface area contributed by atoms with Crippen molar-refractivity contribution in [2.24, 2.45) is 0 Å². The van der Waals surface area contributed by atoms with Gasteiger partial charge in [0.25, 0.3) is 5.91 Å². The molecule has 0 atom stereocenters. The van der Waals surface area contributed by atoms with Gasteiger partial charge < -0.3 is 15.1 Å². The Labute approximate surface area is 161 Å². The first kappa shape index (κ1) is 19.0. The highest BCUT2D eigenvalue weighted by atomic mass is 16.2. The minimum Gasteiger partial charge on any atom is -0.375 e. The molecule has 0 bridgehead atoms. The van der Waals surface area contributed by atoms with E-state index in [4.69, 9.17) is 0 Å². The van der Waals surface area contributed by atoms with Gasteiger partial charge in [-0.05, 0) is 55.7 Å². The summed E-state index contributed by atoms with van der Waals surface area (Å²) in [6.07, 6.45) is 3.48. The van der Waals surface area contributed by atoms with Gasteiger partial charge in [-0.3, -0.25) is 9.59 Å². The molecule has 2 aromatic rings. The SMILES string of the molecule is CN(CCCNC(=O)c1ccc(N2CCCCC2=O)cc1)c1ccccc1. The molecule has 27 heavy (non-hydrogen) atoms. The number of rotatable bonds is 7. The van der Waals surface area contributed by atoms with Crippen molar-refractivity contribution in [2.45, 2.75) is 25.7 Å². The average molecular weight is 365 g/mol. The van der Waals surface area contributed by atoms with Gasteiger partial charge in [0.1, 0.15) is 0 Å². The second-order valence-corrected chi connectivity index (χ2v) is 6.92. The number of nitrogens with zero attached hydrogens (tertiary/aromatic N) is 2. The summed E-state index contributed by atoms with van der Waals surface area (Å²) in [5.74, 6) is 0.0925. The number of nitrogens with one attached hydrogen (secondary N) is 1. The molecular weight excluding hydrogens is 338 g/mol. The molecule has 0 radical (unpaired) electrons. The van der Waals surface area contributed by atoms with E-state index >= 15 is 0 Å². The number of benzene rings is 2. The molecular formula is C22H27N3O2. The largest absolute Gasteiger partial charge is 0.375 e. The van der Waals surface area contributed by atoms with Gasteiger partial charge in [-0.2, -0.15) is 0 Å². The fraction of sp³-hybridized carbons (Fsp3) is 0.364. The Morgan fingerprint density at radius 2 is 1.81 bits per heavy atom. The van der Waals surface area contributed by atoms with Crippen molar-refractivity contribution in [3.63, 3.8) is 0 Å². The zero-order chi connectivity index (χ0) is 19.1. The van der Waals surface area contributed by atoms with Crippen LogP contribution in [0, 0.1) is 0 Å². The lowest BCUT2D eigenvalue weighted by molar-refractivity contribution is -0.119. The van der Waals surface area contributed by atoms with Gasteiger partial charge in [0.2, 0.25) is 5.91 Å². The summed E-state index contributed by atoms with van der Waals surface area (Å²) in [5, 5.41) is 2.97. The maximum absolute atomic E-state index is 12.3. The van der Waals surface area contributed by atoms with Gasteiger partial charge in [0.15, 0.2) is 0 Å². The standard InChI is InChI=1S/C22H27N3O2/c1-24(19-8-3-2-4-9-19)16-7-15-23-22(27)18-11-13-20(14-12-18)25-17-6-5-10-21(25)26/h2-4,8-9,11-14H,5-7,10,15-17H2,1H3,(H,23,27). The van der Waals surface area contributed by atoms with Gasteiger partial charge >= 0.3 is 0 Å². The molecule has 1 N–H and O–H groups in total. The van der Waals surface area contributed by atoms with Crippen LogP contribution in [0.5, 0.6) is 0 Å². The Kier molecular flexibility index (Phi) is 6.47. The average Bonchev–Trinajstić information content (AvgIpc) is 2.72. The molecule has 3 rings (SSSR count). The number of para-hydroxylation sites is 1. The molecule has 1 heterocycles. The smallest absolute Gasteiger partial charge is 0.251 e. The summed E-state index contributed by atoms with van der Waals surface area (Å²) in [6.45, 7) is 2.27. The molecule has 5 heteroatoms. The first-order chi connectivity index (χ1) is 13.1. The van der Waals surface area contributed by atoms with Crippen LogP contribution in [0.25, 0.3) is 0 Å². The Morgan fingerprint density at radius 3 is 2.52 bits per heavy atom. The van der Waals surface area contributed by atoms with E-state index in [9.17, 15) is 9.59 Å². The van der Waals surface area contributed by atoms with E-state index in [1.165, 1.54) is 5.69 Å². The predicted molar refractivity (Wildman–Crippen MR) is 109 cm³/mol. The van der Waals surface area contributed by atoms with Gasteiger partial charge in [0, 0.05) is 50.0 Å². The summed E-state index contributed by atoms with van der Waals surface area (Å²) in [4.78, 5) is 28.3. The topological polar surface area (TPSA) is 52.7 Å². The fourth-order valence-electron chi connectivity index (χ4n) is 3.30. The lowest BCUT2D eigenvalue weighted by Gasteiger charge is -2.26. The van der Waals surface area contributed by atoms with Gasteiger partial charge in [-0.15, -0.1) is 0 Å². The van der Waals surface area contributed by atoms with Gasteiger partial charge in [-0.1, -0.05) is 18.2 Å². The quantitative estimate of drug-likeness (QED) is 0.765. The number of carbonyl (C=O) groups is 2. The second-order valence-electron chi connectivity index (χ2n) is 6.92. The molecule has 2 aromatic carbocycles. The highest BCUT2D eigenvalue weighted by molar-refractivity contribution is 5.96. The van der Waals surface area contributed by atoms with Crippen molar-refractivity contribution in [2.75, 3.05) is 36.5 Å². The van der Waals surface area contributed by atoms with Crippen molar-refractivity contribution >= 4 is 23.2 Å². The van der Waals surface area contributed by atoms with Crippen LogP contribution in [0.15, 0.2) is 54.6 Å². The summed E-state index contributed by atoms with van der Waals surface area (Å²) in [5.41, 5.74) is 2.67. The molecule has 1 fully saturated rings. The molecule has 0 saturated carbocycles. The van der Waals surface area contributed by atoms with Crippen molar-refractivity contribution in [3.05, 3.63) is 60.2 Å². The van der Waals surface area contributed by atoms with Crippen molar-refractivity contribution in [1.29, 1.82) is 0 Å². The molecule has 0 aromatic heterocycles. The Hall–Kier alpha value is -2.82. The van der Waals surface area contributed by atoms with E-state index in [-0.39, 0.29) is 11.8 Å².